The van der Waals surface area contributed by atoms with Crippen LogP contribution in [0.15, 0.2) is 30.6 Å². The van der Waals surface area contributed by atoms with Gasteiger partial charge in [-0.05, 0) is 44.9 Å². The molecule has 0 spiro atoms. The van der Waals surface area contributed by atoms with Gasteiger partial charge in [0.05, 0.1) is 17.3 Å². The molecule has 0 saturated carbocycles. The Morgan fingerprint density at radius 1 is 1.19 bits per heavy atom. The Hall–Kier alpha value is -2.49. The van der Waals surface area contributed by atoms with Crippen LogP contribution in [0.2, 0.25) is 0 Å². The minimum atomic E-state index is -0.621. The number of halogens is 3. The van der Waals surface area contributed by atoms with Gasteiger partial charge in [0.2, 0.25) is 5.95 Å². The van der Waals surface area contributed by atoms with Crippen molar-refractivity contribution in [3.63, 3.8) is 0 Å². The van der Waals surface area contributed by atoms with Gasteiger partial charge in [0, 0.05) is 30.9 Å². The maximum atomic E-state index is 13.6. The zero-order chi connectivity index (χ0) is 20.6. The molecule has 3 N–H and O–H groups in total. The third kappa shape index (κ3) is 5.61. The van der Waals surface area contributed by atoms with Gasteiger partial charge < -0.3 is 15.3 Å². The summed E-state index contributed by atoms with van der Waals surface area (Å²) in [5.41, 5.74) is 1.30. The van der Waals surface area contributed by atoms with Crippen LogP contribution in [0.1, 0.15) is 27.2 Å². The van der Waals surface area contributed by atoms with Crippen molar-refractivity contribution in [2.45, 2.75) is 38.8 Å². The lowest BCUT2D eigenvalue weighted by molar-refractivity contribution is 0.373. The Morgan fingerprint density at radius 3 is 2.55 bits per heavy atom. The van der Waals surface area contributed by atoms with E-state index >= 15 is 0 Å². The SMILES string of the molecule is CC(C)(C)NC1CCN(c2cnc(-c3ccc(-c4c[nH]nc4F)cc3O)nn2)C1.Cl.Cl. The molecule has 4 rings (SSSR count). The van der Waals surface area contributed by atoms with E-state index in [1.807, 2.05) is 0 Å². The quantitative estimate of drug-likeness (QED) is 0.536. The maximum Gasteiger partial charge on any atom is 0.240 e. The largest absolute Gasteiger partial charge is 0.507 e. The predicted octanol–water partition coefficient (Wildman–Crippen LogP) is 3.58. The third-order valence-corrected chi connectivity index (χ3v) is 4.84. The van der Waals surface area contributed by atoms with Crippen molar-refractivity contribution in [1.29, 1.82) is 0 Å². The van der Waals surface area contributed by atoms with Crippen LogP contribution in [0.5, 0.6) is 5.75 Å². The number of hydrogen-bond donors (Lipinski definition) is 3. The average molecular weight is 470 g/mol. The second-order valence-corrected chi connectivity index (χ2v) is 8.29. The van der Waals surface area contributed by atoms with Crippen LogP contribution < -0.4 is 10.2 Å². The topological polar surface area (TPSA) is 103 Å². The normalized spacial score (nSPS) is 16.0. The van der Waals surface area contributed by atoms with Gasteiger partial charge in [-0.15, -0.1) is 40.1 Å². The first-order valence-electron chi connectivity index (χ1n) is 9.55. The van der Waals surface area contributed by atoms with Crippen LogP contribution in [0, 0.1) is 5.95 Å². The van der Waals surface area contributed by atoms with E-state index in [0.717, 1.165) is 19.5 Å². The molecule has 0 amide bonds. The minimum Gasteiger partial charge on any atom is -0.507 e. The van der Waals surface area contributed by atoms with Gasteiger partial charge in [-0.1, -0.05) is 6.07 Å². The van der Waals surface area contributed by atoms with Crippen LogP contribution in [0.3, 0.4) is 0 Å². The first-order chi connectivity index (χ1) is 13.8. The number of aromatic amines is 1. The standard InChI is InChI=1S/C20H24FN7O.2ClH/c1-20(2,3)24-13-6-7-28(11-13)17-10-22-19(27-25-17)14-5-4-12(8-16(14)29)15-9-23-26-18(15)21;;/h4-5,8-10,13,24,29H,6-7,11H2,1-3H3,(H,23,26);2*1H. The average Bonchev–Trinajstić information content (AvgIpc) is 3.29. The summed E-state index contributed by atoms with van der Waals surface area (Å²) in [6.07, 6.45) is 4.15. The number of aromatic hydroxyl groups is 1. The number of benzene rings is 1. The molecule has 1 unspecified atom stereocenters. The van der Waals surface area contributed by atoms with Crippen molar-refractivity contribution in [3.8, 4) is 28.3 Å². The van der Waals surface area contributed by atoms with E-state index in [4.69, 9.17) is 0 Å². The first-order valence-corrected chi connectivity index (χ1v) is 9.55. The zero-order valence-electron chi connectivity index (χ0n) is 17.5. The first kappa shape index (κ1) is 24.8. The minimum absolute atomic E-state index is 0. The van der Waals surface area contributed by atoms with Crippen LogP contribution in [-0.4, -0.2) is 55.2 Å². The lowest BCUT2D eigenvalue weighted by atomic mass is 10.1. The van der Waals surface area contributed by atoms with Crippen LogP contribution in [0.4, 0.5) is 10.2 Å². The molecule has 168 valence electrons. The molecule has 3 aromatic rings. The molecule has 1 atom stereocenters. The molecule has 3 heterocycles. The number of nitrogens with zero attached hydrogens (tertiary/aromatic N) is 5. The number of rotatable bonds is 4. The molecule has 8 nitrogen and oxygen atoms in total. The van der Waals surface area contributed by atoms with Crippen LogP contribution in [0.25, 0.3) is 22.5 Å². The Balaban J connectivity index is 0.00000171. The molecule has 0 aliphatic carbocycles. The third-order valence-electron chi connectivity index (χ3n) is 4.84. The van der Waals surface area contributed by atoms with Crippen molar-refractivity contribution in [2.75, 3.05) is 18.0 Å². The number of phenolic OH excluding ortho intramolecular Hbond substituents is 1. The Bertz CT molecular complexity index is 1010. The number of anilines is 1. The molecule has 31 heavy (non-hydrogen) atoms. The second kappa shape index (κ2) is 9.76. The van der Waals surface area contributed by atoms with E-state index < -0.39 is 5.95 Å². The highest BCUT2D eigenvalue weighted by molar-refractivity contribution is 5.85. The molecular formula is C20H26Cl2FN7O. The van der Waals surface area contributed by atoms with Crippen molar-refractivity contribution in [3.05, 3.63) is 36.5 Å². The van der Waals surface area contributed by atoms with E-state index in [-0.39, 0.29) is 41.7 Å². The molecule has 2 aromatic heterocycles. The summed E-state index contributed by atoms with van der Waals surface area (Å²) in [4.78, 5) is 6.53. The molecule has 1 aromatic carbocycles. The van der Waals surface area contributed by atoms with Gasteiger partial charge in [0.25, 0.3) is 0 Å². The monoisotopic (exact) mass is 469 g/mol. The highest BCUT2D eigenvalue weighted by Crippen LogP contribution is 2.32. The highest BCUT2D eigenvalue weighted by atomic mass is 35.5. The molecule has 0 bridgehead atoms. The molecule has 1 aliphatic rings. The summed E-state index contributed by atoms with van der Waals surface area (Å²) in [5.74, 6) is 0.357. The summed E-state index contributed by atoms with van der Waals surface area (Å²) in [7, 11) is 0. The summed E-state index contributed by atoms with van der Waals surface area (Å²) in [6.45, 7) is 8.21. The van der Waals surface area contributed by atoms with Gasteiger partial charge in [-0.2, -0.15) is 4.39 Å². The fourth-order valence-electron chi connectivity index (χ4n) is 3.60. The molecule has 11 heteroatoms. The van der Waals surface area contributed by atoms with Gasteiger partial charge >= 0.3 is 0 Å². The molecular weight excluding hydrogens is 444 g/mol. The highest BCUT2D eigenvalue weighted by Gasteiger charge is 2.27. The van der Waals surface area contributed by atoms with Crippen molar-refractivity contribution in [2.24, 2.45) is 0 Å². The van der Waals surface area contributed by atoms with Gasteiger partial charge in [-0.3, -0.25) is 5.10 Å². The summed E-state index contributed by atoms with van der Waals surface area (Å²) in [5, 5.41) is 28.4. The second-order valence-electron chi connectivity index (χ2n) is 8.29. The van der Waals surface area contributed by atoms with Crippen molar-refractivity contribution in [1.82, 2.24) is 30.7 Å². The Morgan fingerprint density at radius 2 is 1.97 bits per heavy atom. The summed E-state index contributed by atoms with van der Waals surface area (Å²) < 4.78 is 13.6. The van der Waals surface area contributed by atoms with Crippen LogP contribution >= 0.6 is 24.8 Å². The Kier molecular flexibility index (Phi) is 7.80. The van der Waals surface area contributed by atoms with Crippen molar-refractivity contribution >= 4 is 30.6 Å². The number of hydrogen-bond acceptors (Lipinski definition) is 7. The fraction of sp³-hybridized carbons (Fsp3) is 0.400. The summed E-state index contributed by atoms with van der Waals surface area (Å²) >= 11 is 0. The van der Waals surface area contributed by atoms with Gasteiger partial charge in [0.1, 0.15) is 5.75 Å². The number of H-pyrrole nitrogens is 1. The van der Waals surface area contributed by atoms with E-state index in [0.29, 0.717) is 28.8 Å². The smallest absolute Gasteiger partial charge is 0.240 e. The van der Waals surface area contributed by atoms with Crippen LogP contribution in [-0.2, 0) is 0 Å². The van der Waals surface area contributed by atoms with E-state index in [1.54, 1.807) is 18.3 Å². The number of aromatic nitrogens is 5. The zero-order valence-corrected chi connectivity index (χ0v) is 19.1. The lowest BCUT2D eigenvalue weighted by Crippen LogP contribution is -2.45. The van der Waals surface area contributed by atoms with E-state index in [1.165, 1.54) is 12.3 Å². The van der Waals surface area contributed by atoms with Gasteiger partial charge in [-0.25, -0.2) is 4.98 Å². The number of phenols is 1. The van der Waals surface area contributed by atoms with E-state index in [9.17, 15) is 9.50 Å². The van der Waals surface area contributed by atoms with Crippen molar-refractivity contribution < 1.29 is 9.50 Å². The number of nitrogens with one attached hydrogen (secondary N) is 2. The van der Waals surface area contributed by atoms with Gasteiger partial charge in [0.15, 0.2) is 11.6 Å². The lowest BCUT2D eigenvalue weighted by Gasteiger charge is -2.26. The van der Waals surface area contributed by atoms with E-state index in [2.05, 4.69) is 56.4 Å². The summed E-state index contributed by atoms with van der Waals surface area (Å²) in [6, 6.07) is 5.19. The fourth-order valence-corrected chi connectivity index (χ4v) is 3.60. The Labute approximate surface area is 192 Å². The molecule has 1 saturated heterocycles. The molecule has 1 aliphatic heterocycles. The molecule has 0 radical (unpaired) electrons. The molecule has 1 fully saturated rings. The maximum absolute atomic E-state index is 13.6. The predicted molar refractivity (Wildman–Crippen MR) is 122 cm³/mol.